The summed E-state index contributed by atoms with van der Waals surface area (Å²) in [6.45, 7) is 0.751. The molecule has 3 heterocycles. The molecule has 1 saturated carbocycles. The minimum atomic E-state index is -1.84. The lowest BCUT2D eigenvalue weighted by molar-refractivity contribution is -0.169. The largest absolute Gasteiger partial charge is 0.506 e. The molecule has 0 radical (unpaired) electrons. The number of phenolic OH excluding ortho intramolecular Hbond substituents is 1. The minimum absolute atomic E-state index is 0.0702. The van der Waals surface area contributed by atoms with Crippen molar-refractivity contribution in [1.29, 1.82) is 5.26 Å². The molecule has 14 nitrogen and oxygen atoms in total. The number of esters is 1. The number of nitriles is 1. The number of benzene rings is 2. The lowest BCUT2D eigenvalue weighted by atomic mass is 9.91. The number of aromatic nitrogens is 1. The van der Waals surface area contributed by atoms with Crippen molar-refractivity contribution in [2.75, 3.05) is 39.2 Å². The van der Waals surface area contributed by atoms with Crippen molar-refractivity contribution in [2.24, 2.45) is 0 Å². The van der Waals surface area contributed by atoms with E-state index in [9.17, 15) is 35.0 Å². The highest BCUT2D eigenvalue weighted by Gasteiger charge is 2.45. The molecule has 0 bridgehead atoms. The lowest BCUT2D eigenvalue weighted by Gasteiger charge is -2.35. The number of pyridine rings is 1. The van der Waals surface area contributed by atoms with Gasteiger partial charge in [0.05, 0.1) is 39.7 Å². The normalized spacial score (nSPS) is 16.3. The summed E-state index contributed by atoms with van der Waals surface area (Å²) >= 11 is 2.61. The van der Waals surface area contributed by atoms with E-state index in [0.29, 0.717) is 51.4 Å². The van der Waals surface area contributed by atoms with Gasteiger partial charge in [-0.25, -0.2) is 9.59 Å². The number of nitrogens with one attached hydrogen (secondary N) is 3. The Morgan fingerprint density at radius 1 is 1.07 bits per heavy atom. The predicted octanol–water partition coefficient (Wildman–Crippen LogP) is 5.33. The number of hydrogen-bond acceptors (Lipinski definition) is 14. The van der Waals surface area contributed by atoms with Crippen LogP contribution in [0.25, 0.3) is 10.9 Å². The summed E-state index contributed by atoms with van der Waals surface area (Å²) in [5.41, 5.74) is -0.604. The quantitative estimate of drug-likeness (QED) is 0.0744. The van der Waals surface area contributed by atoms with Crippen LogP contribution in [-0.4, -0.2) is 83.3 Å². The van der Waals surface area contributed by atoms with E-state index < -0.39 is 23.8 Å². The maximum Gasteiger partial charge on any atom is 0.411 e. The van der Waals surface area contributed by atoms with Crippen molar-refractivity contribution in [3.8, 4) is 17.6 Å². The molecule has 1 aliphatic carbocycles. The number of aliphatic hydroxyl groups excluding tert-OH is 1. The fourth-order valence-corrected chi connectivity index (χ4v) is 8.62. The molecule has 56 heavy (non-hydrogen) atoms. The zero-order valence-electron chi connectivity index (χ0n) is 30.8. The highest BCUT2D eigenvalue weighted by molar-refractivity contribution is 7.12. The molecule has 6 N–H and O–H groups in total. The van der Waals surface area contributed by atoms with Crippen LogP contribution >= 0.6 is 22.7 Å². The maximum absolute atomic E-state index is 13.4. The van der Waals surface area contributed by atoms with Crippen LogP contribution in [0.3, 0.4) is 0 Å². The molecule has 1 amide bonds. The molecule has 1 fully saturated rings. The average molecular weight is 802 g/mol. The van der Waals surface area contributed by atoms with E-state index >= 15 is 0 Å². The molecule has 1 aliphatic rings. The second-order valence-electron chi connectivity index (χ2n) is 13.5. The number of methoxy groups -OCH3 is 1. The number of carbonyl (C=O) groups excluding carboxylic acids is 2. The van der Waals surface area contributed by atoms with Gasteiger partial charge in [0.2, 0.25) is 11.2 Å². The summed E-state index contributed by atoms with van der Waals surface area (Å²) in [4.78, 5) is 43.8. The summed E-state index contributed by atoms with van der Waals surface area (Å²) < 4.78 is 16.8. The molecular weight excluding hydrogens is 759 g/mol. The number of carbonyl (C=O) groups is 2. The van der Waals surface area contributed by atoms with Crippen molar-refractivity contribution in [3.05, 3.63) is 108 Å². The first-order chi connectivity index (χ1) is 27.0. The zero-order chi connectivity index (χ0) is 39.8. The van der Waals surface area contributed by atoms with Crippen molar-refractivity contribution < 1.29 is 39.1 Å². The van der Waals surface area contributed by atoms with Crippen molar-refractivity contribution in [3.63, 3.8) is 0 Å². The summed E-state index contributed by atoms with van der Waals surface area (Å²) in [5.74, 6) is -0.387. The molecule has 2 aromatic carbocycles. The average Bonchev–Trinajstić information content (AvgIpc) is 3.95. The minimum Gasteiger partial charge on any atom is -0.506 e. The SMILES string of the molecule is COc1cc(CNC[C@H](O)c2ccc(O)c3[nH]c(=O)ccc23)c(C#N)c(NC(=O)OCCN(C)[C@H]2CC[C@H](OC(=O)C(O)(c3cccs3)c3cccs3)CC2)c1. The molecule has 16 heteroatoms. The van der Waals surface area contributed by atoms with E-state index in [1.54, 1.807) is 36.4 Å². The summed E-state index contributed by atoms with van der Waals surface area (Å²) in [7, 11) is 3.41. The highest BCUT2D eigenvalue weighted by atomic mass is 32.1. The number of anilines is 1. The van der Waals surface area contributed by atoms with Gasteiger partial charge in [-0.2, -0.15) is 5.26 Å². The van der Waals surface area contributed by atoms with Gasteiger partial charge in [0.25, 0.3) is 0 Å². The number of likely N-dealkylation sites (N-methyl/N-ethyl adjacent to an activating group) is 1. The number of amides is 1. The van der Waals surface area contributed by atoms with Gasteiger partial charge in [-0.05, 0) is 84.9 Å². The number of nitrogens with zero attached hydrogens (tertiary/aromatic N) is 2. The monoisotopic (exact) mass is 801 g/mol. The standard InChI is InChI=1S/C40H43N5O9S2/c1-45(25-7-9-26(10-8-25)54-38(49)40(51,34-5-3-17-55-34)35-6-4-18-56-35)15-16-53-39(50)43-31-20-27(52-2)19-24(30(31)21-41)22-42-23-33(47)28-11-13-32(46)37-29(28)12-14-36(48)44-37/h3-6,11-14,17-20,25-26,33,42,46-47,51H,7-10,15-16,22-23H2,1-2H3,(H,43,50)(H,44,48)/t25-,26-,33-/m0/s1. The Kier molecular flexibility index (Phi) is 13.1. The van der Waals surface area contributed by atoms with Gasteiger partial charge in [0.15, 0.2) is 0 Å². The Labute approximate surface area is 330 Å². The Hall–Kier alpha value is -5.28. The predicted molar refractivity (Wildman–Crippen MR) is 212 cm³/mol. The van der Waals surface area contributed by atoms with E-state index in [4.69, 9.17) is 14.2 Å². The molecule has 0 spiro atoms. The molecule has 0 aliphatic heterocycles. The number of aromatic hydroxyl groups is 1. The number of thiophene rings is 2. The van der Waals surface area contributed by atoms with Gasteiger partial charge in [-0.1, -0.05) is 18.2 Å². The second kappa shape index (κ2) is 18.1. The molecule has 294 valence electrons. The first kappa shape index (κ1) is 40.4. The van der Waals surface area contributed by atoms with E-state index in [-0.39, 0.29) is 59.9 Å². The lowest BCUT2D eigenvalue weighted by Crippen LogP contribution is -2.42. The Morgan fingerprint density at radius 3 is 2.43 bits per heavy atom. The first-order valence-electron chi connectivity index (χ1n) is 18.0. The molecule has 0 unspecified atom stereocenters. The third-order valence-corrected chi connectivity index (χ3v) is 11.9. The Morgan fingerprint density at radius 2 is 1.79 bits per heavy atom. The number of H-pyrrole nitrogens is 1. The van der Waals surface area contributed by atoms with Crippen LogP contribution in [0, 0.1) is 11.3 Å². The number of aromatic amines is 1. The Bertz CT molecular complexity index is 2190. The van der Waals surface area contributed by atoms with Gasteiger partial charge >= 0.3 is 12.1 Å². The van der Waals surface area contributed by atoms with Crippen LogP contribution in [0.1, 0.15) is 58.2 Å². The third-order valence-electron chi connectivity index (χ3n) is 9.97. The van der Waals surface area contributed by atoms with Crippen LogP contribution in [0.15, 0.2) is 76.2 Å². The van der Waals surface area contributed by atoms with E-state index in [1.807, 2.05) is 17.8 Å². The van der Waals surface area contributed by atoms with Gasteiger partial charge < -0.3 is 44.7 Å². The number of rotatable bonds is 15. The van der Waals surface area contributed by atoms with Crippen molar-refractivity contribution >= 4 is 51.3 Å². The van der Waals surface area contributed by atoms with Gasteiger partial charge in [-0.3, -0.25) is 10.1 Å². The topological polar surface area (TPSA) is 206 Å². The van der Waals surface area contributed by atoms with Gasteiger partial charge in [-0.15, -0.1) is 22.7 Å². The molecule has 5 aromatic rings. The smallest absolute Gasteiger partial charge is 0.411 e. The fourth-order valence-electron chi connectivity index (χ4n) is 6.91. The van der Waals surface area contributed by atoms with Crippen LogP contribution < -0.4 is 20.9 Å². The van der Waals surface area contributed by atoms with Gasteiger partial charge in [0.1, 0.15) is 30.3 Å². The molecule has 6 rings (SSSR count). The first-order valence-corrected chi connectivity index (χ1v) is 19.8. The van der Waals surface area contributed by atoms with Crippen LogP contribution in [0.2, 0.25) is 0 Å². The third kappa shape index (κ3) is 9.05. The molecular formula is C40H43N5O9S2. The highest BCUT2D eigenvalue weighted by Crippen LogP contribution is 2.38. The summed E-state index contributed by atoms with van der Waals surface area (Å²) in [6, 6.07) is 18.4. The van der Waals surface area contributed by atoms with Gasteiger partial charge in [0, 0.05) is 43.2 Å². The van der Waals surface area contributed by atoms with E-state index in [0.717, 1.165) is 12.8 Å². The number of hydrogen-bond donors (Lipinski definition) is 6. The van der Waals surface area contributed by atoms with E-state index in [2.05, 4.69) is 26.6 Å². The number of aliphatic hydroxyl groups is 2. The van der Waals surface area contributed by atoms with Crippen LogP contribution in [-0.2, 0) is 26.4 Å². The van der Waals surface area contributed by atoms with Crippen LogP contribution in [0.5, 0.6) is 11.5 Å². The maximum atomic E-state index is 13.4. The zero-order valence-corrected chi connectivity index (χ0v) is 32.5. The summed E-state index contributed by atoms with van der Waals surface area (Å²) in [5, 5.41) is 52.7. The van der Waals surface area contributed by atoms with E-state index in [1.165, 1.54) is 54.0 Å². The second-order valence-corrected chi connectivity index (χ2v) is 15.4. The molecule has 1 atom stereocenters. The van der Waals surface area contributed by atoms with Crippen molar-refractivity contribution in [1.82, 2.24) is 15.2 Å². The number of phenols is 1. The fraction of sp³-hybridized carbons (Fsp3) is 0.350. The van der Waals surface area contributed by atoms with Crippen LogP contribution in [0.4, 0.5) is 10.5 Å². The number of fused-ring (bicyclic) bond motifs is 1. The summed E-state index contributed by atoms with van der Waals surface area (Å²) in [6.07, 6.45) is 0.694. The van der Waals surface area contributed by atoms with Crippen molar-refractivity contribution in [2.45, 2.75) is 56.1 Å². The molecule has 3 aromatic heterocycles. The number of ether oxygens (including phenoxy) is 3. The molecule has 0 saturated heterocycles. The Balaban J connectivity index is 0.978.